The summed E-state index contributed by atoms with van der Waals surface area (Å²) >= 11 is 6.05. The smallest absolute Gasteiger partial charge is 0.271 e. The van der Waals surface area contributed by atoms with E-state index in [-0.39, 0.29) is 17.9 Å². The van der Waals surface area contributed by atoms with E-state index in [4.69, 9.17) is 16.0 Å². The molecule has 3 aromatic rings. The average molecular weight is 454 g/mol. The summed E-state index contributed by atoms with van der Waals surface area (Å²) in [4.78, 5) is 29.2. The van der Waals surface area contributed by atoms with E-state index in [0.717, 1.165) is 30.3 Å². The molecule has 0 spiro atoms. The Bertz CT molecular complexity index is 1170. The zero-order valence-electron chi connectivity index (χ0n) is 18.4. The number of hydrogen-bond acceptors (Lipinski definition) is 3. The van der Waals surface area contributed by atoms with Crippen molar-refractivity contribution in [1.82, 2.24) is 14.8 Å². The number of carbonyl (C=O) groups is 2. The molecule has 0 saturated heterocycles. The lowest BCUT2D eigenvalue weighted by atomic mass is 9.85. The van der Waals surface area contributed by atoms with Crippen LogP contribution in [0.25, 0.3) is 11.1 Å². The van der Waals surface area contributed by atoms with Gasteiger partial charge in [-0.3, -0.25) is 9.59 Å². The van der Waals surface area contributed by atoms with E-state index < -0.39 is 5.54 Å². The molecule has 7 heteroatoms. The first kappa shape index (κ1) is 21.1. The fraction of sp³-hybridized carbons (Fsp3) is 0.440. The van der Waals surface area contributed by atoms with Crippen molar-refractivity contribution in [2.24, 2.45) is 5.92 Å². The predicted octanol–water partition coefficient (Wildman–Crippen LogP) is 5.00. The number of nitrogens with one attached hydrogen (secondary N) is 1. The monoisotopic (exact) mass is 453 g/mol. The number of benzene rings is 1. The van der Waals surface area contributed by atoms with Gasteiger partial charge in [0.05, 0.1) is 18.3 Å². The highest BCUT2D eigenvalue weighted by Gasteiger charge is 2.48. The first-order chi connectivity index (χ1) is 15.4. The molecule has 2 aromatic heterocycles. The molecule has 1 aliphatic heterocycles. The van der Waals surface area contributed by atoms with E-state index in [1.807, 2.05) is 41.8 Å². The number of amides is 2. The Labute approximate surface area is 192 Å². The Morgan fingerprint density at radius 2 is 1.97 bits per heavy atom. The van der Waals surface area contributed by atoms with Crippen LogP contribution in [-0.4, -0.2) is 32.9 Å². The molecular formula is C25H28ClN3O3. The predicted molar refractivity (Wildman–Crippen MR) is 123 cm³/mol. The summed E-state index contributed by atoms with van der Waals surface area (Å²) in [6.45, 7) is 4.77. The standard InChI is InChI=1S/C25H28ClN3O3/c1-16-5-3-4-6-19(16)27-24(31)25(2)15-28-20-11-12-32-22(20)13-21(28)23(30)29(25)14-17-7-9-18(26)10-8-17/h7-13,16,19H,3-6,14-15H2,1-2H3,(H,27,31)/t16-,19-,25-/m1/s1. The van der Waals surface area contributed by atoms with E-state index in [1.165, 1.54) is 6.42 Å². The van der Waals surface area contributed by atoms with Crippen LogP contribution in [0, 0.1) is 5.92 Å². The molecule has 1 N–H and O–H groups in total. The molecule has 1 saturated carbocycles. The summed E-state index contributed by atoms with van der Waals surface area (Å²) < 4.78 is 7.46. The van der Waals surface area contributed by atoms with Crippen LogP contribution in [0.4, 0.5) is 0 Å². The van der Waals surface area contributed by atoms with Gasteiger partial charge < -0.3 is 19.2 Å². The Morgan fingerprint density at radius 3 is 2.72 bits per heavy atom. The number of aromatic nitrogens is 1. The molecule has 0 radical (unpaired) electrons. The third kappa shape index (κ3) is 3.51. The molecule has 2 aliphatic rings. The lowest BCUT2D eigenvalue weighted by molar-refractivity contribution is -0.134. The summed E-state index contributed by atoms with van der Waals surface area (Å²) in [7, 11) is 0. The molecular weight excluding hydrogens is 426 g/mol. The van der Waals surface area contributed by atoms with Crippen LogP contribution in [0.5, 0.6) is 0 Å². The second kappa shape index (κ2) is 8.00. The van der Waals surface area contributed by atoms with Gasteiger partial charge in [-0.25, -0.2) is 0 Å². The van der Waals surface area contributed by atoms with Crippen LogP contribution in [0.1, 0.15) is 55.6 Å². The number of fused-ring (bicyclic) bond motifs is 3. The zero-order chi connectivity index (χ0) is 22.5. The van der Waals surface area contributed by atoms with Crippen LogP contribution in [0.3, 0.4) is 0 Å². The second-order valence-electron chi connectivity index (χ2n) is 9.42. The van der Waals surface area contributed by atoms with Gasteiger partial charge in [0.2, 0.25) is 5.91 Å². The van der Waals surface area contributed by atoms with Crippen molar-refractivity contribution in [2.75, 3.05) is 0 Å². The van der Waals surface area contributed by atoms with Crippen molar-refractivity contribution >= 4 is 34.5 Å². The first-order valence-electron chi connectivity index (χ1n) is 11.3. The number of nitrogens with zero attached hydrogens (tertiary/aromatic N) is 2. The molecule has 32 heavy (non-hydrogen) atoms. The Hall–Kier alpha value is -2.73. The van der Waals surface area contributed by atoms with Gasteiger partial charge in [0.1, 0.15) is 11.2 Å². The SMILES string of the molecule is C[C@@H]1CCCC[C@H]1NC(=O)[C@@]1(C)Cn2c(cc3occc32)C(=O)N1Cc1ccc(Cl)cc1. The lowest BCUT2D eigenvalue weighted by Crippen LogP contribution is -2.65. The van der Waals surface area contributed by atoms with Gasteiger partial charge in [-0.15, -0.1) is 0 Å². The van der Waals surface area contributed by atoms with Crippen LogP contribution >= 0.6 is 11.6 Å². The van der Waals surface area contributed by atoms with Crippen molar-refractivity contribution in [2.45, 2.75) is 64.2 Å². The zero-order valence-corrected chi connectivity index (χ0v) is 19.2. The third-order valence-corrected chi connectivity index (χ3v) is 7.47. The van der Waals surface area contributed by atoms with Gasteiger partial charge in [0, 0.05) is 29.7 Å². The van der Waals surface area contributed by atoms with Crippen molar-refractivity contribution < 1.29 is 14.0 Å². The van der Waals surface area contributed by atoms with Gasteiger partial charge >= 0.3 is 0 Å². The molecule has 3 heterocycles. The number of carbonyl (C=O) groups excluding carboxylic acids is 2. The Balaban J connectivity index is 1.52. The van der Waals surface area contributed by atoms with Crippen molar-refractivity contribution in [3.63, 3.8) is 0 Å². The Morgan fingerprint density at radius 1 is 1.22 bits per heavy atom. The van der Waals surface area contributed by atoms with Gasteiger partial charge in [0.25, 0.3) is 5.91 Å². The topological polar surface area (TPSA) is 67.5 Å². The molecule has 6 nitrogen and oxygen atoms in total. The van der Waals surface area contributed by atoms with Crippen LogP contribution in [0.15, 0.2) is 47.1 Å². The summed E-state index contributed by atoms with van der Waals surface area (Å²) in [5.74, 6) is 0.157. The molecule has 2 amide bonds. The lowest BCUT2D eigenvalue weighted by Gasteiger charge is -2.45. The molecule has 1 aliphatic carbocycles. The third-order valence-electron chi connectivity index (χ3n) is 7.22. The number of hydrogen-bond donors (Lipinski definition) is 1. The number of furan rings is 1. The first-order valence-corrected chi connectivity index (χ1v) is 11.7. The van der Waals surface area contributed by atoms with Gasteiger partial charge in [-0.2, -0.15) is 0 Å². The van der Waals surface area contributed by atoms with Gasteiger partial charge in [0.15, 0.2) is 5.58 Å². The molecule has 1 aromatic carbocycles. The van der Waals surface area contributed by atoms with Crippen molar-refractivity contribution in [3.8, 4) is 0 Å². The second-order valence-corrected chi connectivity index (χ2v) is 9.86. The molecule has 0 bridgehead atoms. The maximum atomic E-state index is 13.8. The van der Waals surface area contributed by atoms with Crippen molar-refractivity contribution in [3.05, 3.63) is 58.9 Å². The van der Waals surface area contributed by atoms with Gasteiger partial charge in [-0.1, -0.05) is 43.5 Å². The highest BCUT2D eigenvalue weighted by molar-refractivity contribution is 6.30. The minimum absolute atomic E-state index is 0.102. The summed E-state index contributed by atoms with van der Waals surface area (Å²) in [6, 6.07) is 11.2. The number of halogens is 1. The van der Waals surface area contributed by atoms with Crippen LogP contribution in [-0.2, 0) is 17.9 Å². The van der Waals surface area contributed by atoms with Crippen LogP contribution < -0.4 is 5.32 Å². The minimum atomic E-state index is -1.04. The van der Waals surface area contributed by atoms with E-state index in [1.54, 1.807) is 17.2 Å². The molecule has 168 valence electrons. The van der Waals surface area contributed by atoms with E-state index in [9.17, 15) is 9.59 Å². The van der Waals surface area contributed by atoms with Crippen molar-refractivity contribution in [1.29, 1.82) is 0 Å². The molecule has 1 fully saturated rings. The van der Waals surface area contributed by atoms with E-state index >= 15 is 0 Å². The maximum absolute atomic E-state index is 13.8. The molecule has 5 rings (SSSR count). The highest BCUT2D eigenvalue weighted by Crippen LogP contribution is 2.35. The number of rotatable bonds is 4. The fourth-order valence-corrected chi connectivity index (χ4v) is 5.27. The van der Waals surface area contributed by atoms with Gasteiger partial charge in [-0.05, 0) is 43.4 Å². The highest BCUT2D eigenvalue weighted by atomic mass is 35.5. The molecule has 3 atom stereocenters. The summed E-state index contributed by atoms with van der Waals surface area (Å²) in [5, 5.41) is 3.94. The molecule has 0 unspecified atom stereocenters. The summed E-state index contributed by atoms with van der Waals surface area (Å²) in [5.41, 5.74) is 1.93. The van der Waals surface area contributed by atoms with Crippen LogP contribution in [0.2, 0.25) is 5.02 Å². The Kier molecular flexibility index (Phi) is 5.28. The van der Waals surface area contributed by atoms with E-state index in [2.05, 4.69) is 12.2 Å². The quantitative estimate of drug-likeness (QED) is 0.604. The maximum Gasteiger partial charge on any atom is 0.271 e. The fourth-order valence-electron chi connectivity index (χ4n) is 5.15. The minimum Gasteiger partial charge on any atom is -0.463 e. The van der Waals surface area contributed by atoms with E-state index in [0.29, 0.717) is 35.3 Å². The summed E-state index contributed by atoms with van der Waals surface area (Å²) in [6.07, 6.45) is 6.04. The largest absolute Gasteiger partial charge is 0.463 e. The average Bonchev–Trinajstić information content (AvgIpc) is 3.36. The normalized spacial score (nSPS) is 25.7.